The van der Waals surface area contributed by atoms with E-state index in [-0.39, 0.29) is 41.5 Å². The number of halogens is 1. The Balaban J connectivity index is 1.80. The van der Waals surface area contributed by atoms with Crippen molar-refractivity contribution < 1.29 is 28.6 Å². The van der Waals surface area contributed by atoms with E-state index in [1.54, 1.807) is 26.0 Å². The van der Waals surface area contributed by atoms with Crippen LogP contribution in [-0.2, 0) is 19.1 Å². The van der Waals surface area contributed by atoms with Crippen LogP contribution in [0.25, 0.3) is 0 Å². The number of allylic oxidation sites excluding steroid dienone is 4. The van der Waals surface area contributed by atoms with Crippen LogP contribution >= 0.6 is 12.2 Å². The fraction of sp³-hybridized carbons (Fsp3) is 0.750. The summed E-state index contributed by atoms with van der Waals surface area (Å²) in [6.07, 6.45) is 7.08. The molecular formula is C28H39FO5S. The van der Waals surface area contributed by atoms with Crippen molar-refractivity contribution in [2.75, 3.05) is 6.61 Å². The molecule has 0 saturated heterocycles. The molecule has 0 aromatic heterocycles. The van der Waals surface area contributed by atoms with Crippen molar-refractivity contribution in [3.8, 4) is 0 Å². The Bertz CT molecular complexity index is 976. The number of carbonyl (C=O) groups is 2. The quantitative estimate of drug-likeness (QED) is 0.294. The van der Waals surface area contributed by atoms with Gasteiger partial charge in [0.1, 0.15) is 0 Å². The van der Waals surface area contributed by atoms with Crippen LogP contribution in [0.3, 0.4) is 0 Å². The third kappa shape index (κ3) is 3.51. The highest BCUT2D eigenvalue weighted by atomic mass is 32.1. The lowest BCUT2D eigenvalue weighted by molar-refractivity contribution is -0.218. The number of rotatable bonds is 6. The number of unbranched alkanes of at least 4 members (excludes halogenated alkanes) is 1. The molecule has 4 aliphatic rings. The molecule has 3 saturated carbocycles. The second kappa shape index (κ2) is 9.05. The number of hydrogen-bond acceptors (Lipinski definition) is 6. The van der Waals surface area contributed by atoms with Crippen molar-refractivity contribution in [1.82, 2.24) is 0 Å². The fourth-order valence-electron chi connectivity index (χ4n) is 7.89. The van der Waals surface area contributed by atoms with Crippen molar-refractivity contribution in [1.29, 1.82) is 0 Å². The molecule has 0 aliphatic heterocycles. The minimum Gasteiger partial charge on any atom is -0.483 e. The summed E-state index contributed by atoms with van der Waals surface area (Å²) in [5.74, 6) is -1.34. The summed E-state index contributed by atoms with van der Waals surface area (Å²) in [5, 5.41) is 11.9. The number of fused-ring (bicyclic) bond motifs is 5. The summed E-state index contributed by atoms with van der Waals surface area (Å²) in [6, 6.07) is 0. The van der Waals surface area contributed by atoms with Gasteiger partial charge < -0.3 is 14.6 Å². The Morgan fingerprint density at radius 1 is 1.29 bits per heavy atom. The number of esters is 1. The van der Waals surface area contributed by atoms with E-state index in [0.717, 1.165) is 18.4 Å². The van der Waals surface area contributed by atoms with Gasteiger partial charge in [0, 0.05) is 29.1 Å². The van der Waals surface area contributed by atoms with Crippen molar-refractivity contribution in [3.05, 3.63) is 23.8 Å². The van der Waals surface area contributed by atoms with Crippen LogP contribution in [0.5, 0.6) is 0 Å². The highest BCUT2D eigenvalue weighted by Gasteiger charge is 2.77. The van der Waals surface area contributed by atoms with E-state index in [1.165, 1.54) is 6.08 Å². The summed E-state index contributed by atoms with van der Waals surface area (Å²) in [4.78, 5) is 24.8. The van der Waals surface area contributed by atoms with Crippen molar-refractivity contribution in [3.63, 3.8) is 0 Å². The van der Waals surface area contributed by atoms with Gasteiger partial charge in [-0.05, 0) is 69.3 Å². The maximum absolute atomic E-state index is 17.4. The third-order valence-electron chi connectivity index (χ3n) is 9.78. The van der Waals surface area contributed by atoms with Gasteiger partial charge in [0.25, 0.3) is 0 Å². The first kappa shape index (κ1) is 26.5. The smallest absolute Gasteiger partial charge is 0.306 e. The molecule has 1 N–H and O–H groups in total. The molecule has 35 heavy (non-hydrogen) atoms. The molecule has 0 unspecified atom stereocenters. The van der Waals surface area contributed by atoms with Gasteiger partial charge in [-0.1, -0.05) is 45.8 Å². The SMILES string of the molecule is CCCCOC(=S)[C@@]1(OC(=O)CC)[C@@H](C)C[C@H]2[C@@H]3CCC4=CC(=O)C=C[C@]4(C)[C@@]3(F)[C@@H](O)C[C@@]21C. The second-order valence-electron chi connectivity index (χ2n) is 11.5. The van der Waals surface area contributed by atoms with E-state index in [2.05, 4.69) is 6.92 Å². The fourth-order valence-corrected chi connectivity index (χ4v) is 8.45. The predicted molar refractivity (Wildman–Crippen MR) is 135 cm³/mol. The molecule has 7 heteroatoms. The zero-order valence-electron chi connectivity index (χ0n) is 21.6. The maximum Gasteiger partial charge on any atom is 0.306 e. The van der Waals surface area contributed by atoms with E-state index in [4.69, 9.17) is 21.7 Å². The molecule has 0 radical (unpaired) electrons. The average molecular weight is 507 g/mol. The molecule has 3 fully saturated rings. The molecule has 0 bridgehead atoms. The van der Waals surface area contributed by atoms with Gasteiger partial charge in [-0.25, -0.2) is 4.39 Å². The summed E-state index contributed by atoms with van der Waals surface area (Å²) in [5.41, 5.74) is -4.25. The zero-order valence-corrected chi connectivity index (χ0v) is 22.4. The molecule has 4 aliphatic carbocycles. The Hall–Kier alpha value is -1.60. The van der Waals surface area contributed by atoms with E-state index in [9.17, 15) is 14.7 Å². The van der Waals surface area contributed by atoms with Gasteiger partial charge >= 0.3 is 5.97 Å². The van der Waals surface area contributed by atoms with Gasteiger partial charge in [0.05, 0.1) is 12.7 Å². The first-order valence-electron chi connectivity index (χ1n) is 13.1. The number of aliphatic hydroxyl groups excluding tert-OH is 1. The molecule has 0 aromatic rings. The summed E-state index contributed by atoms with van der Waals surface area (Å²) >= 11 is 5.83. The lowest BCUT2D eigenvalue weighted by atomic mass is 9.45. The number of thiocarbonyl (C=S) groups is 1. The molecule has 0 aromatic carbocycles. The Morgan fingerprint density at radius 3 is 2.66 bits per heavy atom. The van der Waals surface area contributed by atoms with Crippen LogP contribution in [0.1, 0.15) is 79.6 Å². The molecule has 0 heterocycles. The lowest BCUT2D eigenvalue weighted by Crippen LogP contribution is -2.69. The average Bonchev–Trinajstić information content (AvgIpc) is 3.02. The summed E-state index contributed by atoms with van der Waals surface area (Å²) < 4.78 is 29.7. The summed E-state index contributed by atoms with van der Waals surface area (Å²) in [7, 11) is 0. The van der Waals surface area contributed by atoms with Crippen LogP contribution in [0.15, 0.2) is 23.8 Å². The topological polar surface area (TPSA) is 72.8 Å². The van der Waals surface area contributed by atoms with Crippen molar-refractivity contribution in [2.45, 2.75) is 96.9 Å². The van der Waals surface area contributed by atoms with Crippen LogP contribution < -0.4 is 0 Å². The van der Waals surface area contributed by atoms with E-state index >= 15 is 4.39 Å². The highest BCUT2D eigenvalue weighted by Crippen LogP contribution is 2.71. The Labute approximate surface area is 213 Å². The van der Waals surface area contributed by atoms with E-state index in [0.29, 0.717) is 25.9 Å². The maximum atomic E-state index is 17.4. The van der Waals surface area contributed by atoms with Gasteiger partial charge in [-0.2, -0.15) is 0 Å². The molecule has 8 atom stereocenters. The number of alkyl halides is 1. The molecule has 4 rings (SSSR count). The van der Waals surface area contributed by atoms with E-state index < -0.39 is 34.1 Å². The summed E-state index contributed by atoms with van der Waals surface area (Å²) in [6.45, 7) is 10.0. The minimum atomic E-state index is -1.94. The zero-order chi connectivity index (χ0) is 25.8. The first-order valence-corrected chi connectivity index (χ1v) is 13.5. The van der Waals surface area contributed by atoms with Crippen LogP contribution in [0.2, 0.25) is 0 Å². The number of ether oxygens (including phenoxy) is 2. The van der Waals surface area contributed by atoms with Gasteiger partial charge in [-0.3, -0.25) is 9.59 Å². The number of aliphatic hydroxyl groups is 1. The Kier molecular flexibility index (Phi) is 6.85. The number of carbonyl (C=O) groups excluding carboxylic acids is 2. The van der Waals surface area contributed by atoms with Crippen molar-refractivity contribution in [2.24, 2.45) is 28.6 Å². The van der Waals surface area contributed by atoms with Gasteiger partial charge in [0.15, 0.2) is 17.1 Å². The number of hydrogen-bond donors (Lipinski definition) is 1. The first-order chi connectivity index (χ1) is 16.4. The highest BCUT2D eigenvalue weighted by molar-refractivity contribution is 7.80. The van der Waals surface area contributed by atoms with Crippen LogP contribution in [0, 0.1) is 28.6 Å². The standard InChI is InChI=1S/C28H39FO5S/c1-6-8-13-33-24(35)28(34-23(32)7-2)17(3)14-21-20-10-9-18-15-19(30)11-12-25(18,4)27(20,29)22(31)16-26(21,28)5/h11-12,15,17,20-22,31H,6-10,13-14,16H2,1-5H3/t17-,20-,21-,22-,25-,26-,27-,28-/m0/s1. The van der Waals surface area contributed by atoms with Crippen molar-refractivity contribution >= 4 is 29.0 Å². The number of ketones is 1. The predicted octanol–water partition coefficient (Wildman–Crippen LogP) is 5.44. The second-order valence-corrected chi connectivity index (χ2v) is 11.8. The Morgan fingerprint density at radius 2 is 2.00 bits per heavy atom. The minimum absolute atomic E-state index is 0.0912. The van der Waals surface area contributed by atoms with Crippen LogP contribution in [-0.4, -0.2) is 45.9 Å². The molecule has 194 valence electrons. The van der Waals surface area contributed by atoms with Gasteiger partial charge in [0.2, 0.25) is 5.05 Å². The monoisotopic (exact) mass is 506 g/mol. The van der Waals surface area contributed by atoms with Gasteiger partial charge in [-0.15, -0.1) is 0 Å². The molecular weight excluding hydrogens is 467 g/mol. The van der Waals surface area contributed by atoms with Crippen LogP contribution in [0.4, 0.5) is 4.39 Å². The molecule has 0 spiro atoms. The third-order valence-corrected chi connectivity index (χ3v) is 10.2. The lowest BCUT2D eigenvalue weighted by Gasteiger charge is -2.62. The largest absolute Gasteiger partial charge is 0.483 e. The van der Waals surface area contributed by atoms with E-state index in [1.807, 2.05) is 13.8 Å². The molecule has 5 nitrogen and oxygen atoms in total. The molecule has 0 amide bonds. The normalized spacial score (nSPS) is 44.1.